The van der Waals surface area contributed by atoms with Crippen LogP contribution in [-0.2, 0) is 14.3 Å². The van der Waals surface area contributed by atoms with Gasteiger partial charge in [-0.25, -0.2) is 0 Å². The highest BCUT2D eigenvalue weighted by molar-refractivity contribution is 5.69. The first-order valence-electron chi connectivity index (χ1n) is 8.48. The zero-order chi connectivity index (χ0) is 14.9. The highest BCUT2D eigenvalue weighted by Crippen LogP contribution is 2.27. The van der Waals surface area contributed by atoms with E-state index in [-0.39, 0.29) is 18.2 Å². The van der Waals surface area contributed by atoms with Crippen molar-refractivity contribution < 1.29 is 14.3 Å². The minimum Gasteiger partial charge on any atom is -0.458 e. The maximum Gasteiger partial charge on any atom is 0.306 e. The molecule has 21 heavy (non-hydrogen) atoms. The molecule has 3 heteroatoms. The Morgan fingerprint density at radius 3 is 2.76 bits per heavy atom. The fourth-order valence-corrected chi connectivity index (χ4v) is 2.71. The number of carbonyl (C=O) groups excluding carboxylic acids is 1. The Labute approximate surface area is 128 Å². The van der Waals surface area contributed by atoms with Crippen molar-refractivity contribution in [2.24, 2.45) is 0 Å². The molecular formula is C18H28O3. The number of hydrogen-bond acceptors (Lipinski definition) is 3. The van der Waals surface area contributed by atoms with E-state index in [4.69, 9.17) is 9.47 Å². The molecule has 2 rings (SSSR count). The van der Waals surface area contributed by atoms with Gasteiger partial charge in [0.1, 0.15) is 12.2 Å². The van der Waals surface area contributed by atoms with Crippen LogP contribution in [-0.4, -0.2) is 24.3 Å². The highest BCUT2D eigenvalue weighted by Gasteiger charge is 2.35. The Balaban J connectivity index is 1.75. The minimum absolute atomic E-state index is 0.0503. The average Bonchev–Trinajstić information content (AvgIpc) is 3.22. The van der Waals surface area contributed by atoms with E-state index in [1.165, 1.54) is 12.8 Å². The lowest BCUT2D eigenvalue weighted by molar-refractivity contribution is -0.147. The van der Waals surface area contributed by atoms with Gasteiger partial charge in [-0.2, -0.15) is 0 Å². The summed E-state index contributed by atoms with van der Waals surface area (Å²) in [5.41, 5.74) is 0. The molecule has 0 unspecified atom stereocenters. The number of rotatable bonds is 5. The number of carbonyl (C=O) groups is 1. The van der Waals surface area contributed by atoms with Crippen molar-refractivity contribution in [1.29, 1.82) is 0 Å². The van der Waals surface area contributed by atoms with Gasteiger partial charge in [0.25, 0.3) is 0 Å². The monoisotopic (exact) mass is 292 g/mol. The van der Waals surface area contributed by atoms with Crippen molar-refractivity contribution in [1.82, 2.24) is 0 Å². The van der Waals surface area contributed by atoms with E-state index >= 15 is 0 Å². The molecule has 3 nitrogen and oxygen atoms in total. The summed E-state index contributed by atoms with van der Waals surface area (Å²) in [6, 6.07) is 0. The zero-order valence-electron chi connectivity index (χ0n) is 13.1. The number of ether oxygens (including phenoxy) is 2. The molecule has 0 bridgehead atoms. The van der Waals surface area contributed by atoms with Crippen LogP contribution < -0.4 is 0 Å². The van der Waals surface area contributed by atoms with Gasteiger partial charge in [-0.15, -0.1) is 0 Å². The molecule has 0 aromatic heterocycles. The van der Waals surface area contributed by atoms with Gasteiger partial charge in [-0.3, -0.25) is 4.79 Å². The van der Waals surface area contributed by atoms with Crippen molar-refractivity contribution in [3.05, 3.63) is 24.3 Å². The lowest BCUT2D eigenvalue weighted by Gasteiger charge is -2.16. The van der Waals surface area contributed by atoms with E-state index in [0.29, 0.717) is 12.5 Å². The number of allylic oxidation sites excluding steroid dienone is 1. The maximum atomic E-state index is 11.7. The second-order valence-corrected chi connectivity index (χ2v) is 5.97. The predicted octanol–water partition coefficient (Wildman–Crippen LogP) is 4.32. The lowest BCUT2D eigenvalue weighted by atomic mass is 10.0. The van der Waals surface area contributed by atoms with Crippen LogP contribution in [0.3, 0.4) is 0 Å². The summed E-state index contributed by atoms with van der Waals surface area (Å²) in [7, 11) is 0. The first-order valence-corrected chi connectivity index (χ1v) is 8.48. The van der Waals surface area contributed by atoms with Crippen LogP contribution in [0.25, 0.3) is 0 Å². The molecule has 0 amide bonds. The van der Waals surface area contributed by atoms with Gasteiger partial charge in [-0.1, -0.05) is 44.4 Å². The van der Waals surface area contributed by atoms with Crippen LogP contribution >= 0.6 is 0 Å². The fraction of sp³-hybridized carbons (Fsp3) is 0.722. The van der Waals surface area contributed by atoms with Crippen LogP contribution in [0.4, 0.5) is 0 Å². The maximum absolute atomic E-state index is 11.7. The van der Waals surface area contributed by atoms with Crippen molar-refractivity contribution in [3.8, 4) is 0 Å². The summed E-state index contributed by atoms with van der Waals surface area (Å²) in [6.45, 7) is 2.13. The van der Waals surface area contributed by atoms with E-state index in [2.05, 4.69) is 25.2 Å². The van der Waals surface area contributed by atoms with E-state index in [0.717, 1.165) is 38.5 Å². The van der Waals surface area contributed by atoms with Crippen molar-refractivity contribution in [2.45, 2.75) is 83.0 Å². The van der Waals surface area contributed by atoms with Crippen LogP contribution in [0, 0.1) is 0 Å². The fourth-order valence-electron chi connectivity index (χ4n) is 2.71. The Bertz CT molecular complexity index is 373. The molecule has 2 aliphatic heterocycles. The largest absolute Gasteiger partial charge is 0.458 e. The molecule has 0 aliphatic carbocycles. The molecule has 118 valence electrons. The molecule has 2 heterocycles. The molecule has 0 aromatic carbocycles. The number of hydrogen-bond donors (Lipinski definition) is 0. The zero-order valence-corrected chi connectivity index (χ0v) is 13.1. The van der Waals surface area contributed by atoms with Crippen molar-refractivity contribution >= 4 is 5.97 Å². The first kappa shape index (κ1) is 16.3. The third-order valence-electron chi connectivity index (χ3n) is 4.06. The summed E-state index contributed by atoms with van der Waals surface area (Å²) < 4.78 is 11.1. The SMILES string of the molecule is CC/C=C\C[C@H]1O[C@@H]1/C=C/[C@H]1CCCCCCCC(=O)O1. The van der Waals surface area contributed by atoms with E-state index < -0.39 is 0 Å². The molecule has 2 aliphatic rings. The number of esters is 1. The summed E-state index contributed by atoms with van der Waals surface area (Å²) in [5, 5.41) is 0. The molecule has 0 radical (unpaired) electrons. The summed E-state index contributed by atoms with van der Waals surface area (Å²) in [6.07, 6.45) is 18.2. The van der Waals surface area contributed by atoms with Crippen LogP contribution in [0.15, 0.2) is 24.3 Å². The Hall–Kier alpha value is -1.09. The molecule has 3 atom stereocenters. The number of cyclic esters (lactones) is 1. The third-order valence-corrected chi connectivity index (χ3v) is 4.06. The van der Waals surface area contributed by atoms with Crippen molar-refractivity contribution in [3.63, 3.8) is 0 Å². The van der Waals surface area contributed by atoms with Gasteiger partial charge in [0, 0.05) is 6.42 Å². The summed E-state index contributed by atoms with van der Waals surface area (Å²) >= 11 is 0. The molecule has 0 aromatic rings. The third kappa shape index (κ3) is 6.47. The molecular weight excluding hydrogens is 264 g/mol. The van der Waals surface area contributed by atoms with Gasteiger partial charge in [-0.05, 0) is 38.2 Å². The van der Waals surface area contributed by atoms with Crippen LogP contribution in [0.5, 0.6) is 0 Å². The average molecular weight is 292 g/mol. The van der Waals surface area contributed by atoms with Crippen LogP contribution in [0.2, 0.25) is 0 Å². The van der Waals surface area contributed by atoms with E-state index in [1.807, 2.05) is 6.08 Å². The quantitative estimate of drug-likeness (QED) is 0.430. The van der Waals surface area contributed by atoms with Crippen LogP contribution in [0.1, 0.15) is 64.7 Å². The smallest absolute Gasteiger partial charge is 0.306 e. The summed E-state index contributed by atoms with van der Waals surface area (Å²) in [5.74, 6) is -0.0503. The number of epoxide rings is 1. The molecule has 2 saturated heterocycles. The Morgan fingerprint density at radius 2 is 1.90 bits per heavy atom. The second kappa shape index (κ2) is 9.04. The normalized spacial score (nSPS) is 31.5. The van der Waals surface area contributed by atoms with E-state index in [1.54, 1.807) is 0 Å². The van der Waals surface area contributed by atoms with Gasteiger partial charge >= 0.3 is 5.97 Å². The van der Waals surface area contributed by atoms with Gasteiger partial charge in [0.05, 0.1) is 6.10 Å². The van der Waals surface area contributed by atoms with Gasteiger partial charge in [0.15, 0.2) is 0 Å². The van der Waals surface area contributed by atoms with E-state index in [9.17, 15) is 4.79 Å². The highest BCUT2D eigenvalue weighted by atomic mass is 16.6. The lowest BCUT2D eigenvalue weighted by Crippen LogP contribution is -2.17. The standard InChI is InChI=1S/C18H28O3/c1-2-3-7-11-16-17(21-16)14-13-15-10-8-5-4-6-9-12-18(19)20-15/h3,7,13-17H,2,4-6,8-12H2,1H3/b7-3-,14-13+/t15-,16-,17-/m1/s1. The molecule has 2 fully saturated rings. The van der Waals surface area contributed by atoms with Gasteiger partial charge < -0.3 is 9.47 Å². The van der Waals surface area contributed by atoms with Crippen molar-refractivity contribution in [2.75, 3.05) is 0 Å². The second-order valence-electron chi connectivity index (χ2n) is 5.97. The predicted molar refractivity (Wildman–Crippen MR) is 84.0 cm³/mol. The minimum atomic E-state index is -0.0633. The molecule has 0 spiro atoms. The molecule has 0 N–H and O–H groups in total. The summed E-state index contributed by atoms with van der Waals surface area (Å²) in [4.78, 5) is 11.7. The van der Waals surface area contributed by atoms with Gasteiger partial charge in [0.2, 0.25) is 0 Å². The first-order chi connectivity index (χ1) is 10.3. The topological polar surface area (TPSA) is 38.8 Å². The Kier molecular flexibility index (Phi) is 7.01. The Morgan fingerprint density at radius 1 is 1.10 bits per heavy atom. The molecule has 0 saturated carbocycles.